The van der Waals surface area contributed by atoms with Crippen molar-refractivity contribution in [2.45, 2.75) is 38.5 Å². The zero-order valence-corrected chi connectivity index (χ0v) is 12.6. The van der Waals surface area contributed by atoms with E-state index in [4.69, 9.17) is 5.14 Å². The largest absolute Gasteiger partial charge is 0.336 e. The van der Waals surface area contributed by atoms with E-state index < -0.39 is 15.3 Å². The number of piperidine rings is 1. The fourth-order valence-electron chi connectivity index (χ4n) is 2.51. The van der Waals surface area contributed by atoms with E-state index >= 15 is 0 Å². The van der Waals surface area contributed by atoms with Gasteiger partial charge >= 0.3 is 0 Å². The van der Waals surface area contributed by atoms with Gasteiger partial charge in [0.15, 0.2) is 0 Å². The first kappa shape index (κ1) is 15.0. The van der Waals surface area contributed by atoms with Crippen LogP contribution in [0.25, 0.3) is 0 Å². The highest BCUT2D eigenvalue weighted by Gasteiger charge is 2.31. The Balaban J connectivity index is 2.20. The van der Waals surface area contributed by atoms with Gasteiger partial charge in [-0.25, -0.2) is 13.6 Å². The first-order valence-electron chi connectivity index (χ1n) is 6.68. The molecule has 0 saturated carbocycles. The second kappa shape index (κ2) is 5.53. The van der Waals surface area contributed by atoms with E-state index in [0.717, 1.165) is 5.69 Å². The molecule has 0 spiro atoms. The fourth-order valence-corrected chi connectivity index (χ4v) is 3.39. The number of nitrogens with zero attached hydrogens (tertiary/aromatic N) is 3. The van der Waals surface area contributed by atoms with E-state index in [9.17, 15) is 13.2 Å². The molecule has 1 amide bonds. The van der Waals surface area contributed by atoms with Gasteiger partial charge in [0.25, 0.3) is 5.91 Å². The fraction of sp³-hybridized carbons (Fsp3) is 0.667. The molecule has 0 aromatic carbocycles. The first-order valence-corrected chi connectivity index (χ1v) is 8.29. The Bertz CT molecular complexity index is 608. The van der Waals surface area contributed by atoms with Crippen LogP contribution in [0, 0.1) is 6.92 Å². The number of sulfonamides is 1. The topological polar surface area (TPSA) is 98.3 Å². The third-order valence-electron chi connectivity index (χ3n) is 3.55. The van der Waals surface area contributed by atoms with Crippen molar-refractivity contribution < 1.29 is 13.2 Å². The predicted molar refractivity (Wildman–Crippen MR) is 74.7 cm³/mol. The summed E-state index contributed by atoms with van der Waals surface area (Å²) in [6, 6.07) is 1.73. The van der Waals surface area contributed by atoms with E-state index in [2.05, 4.69) is 5.10 Å². The van der Waals surface area contributed by atoms with Crippen LogP contribution in [0.5, 0.6) is 0 Å². The molecule has 7 nitrogen and oxygen atoms in total. The Hall–Kier alpha value is -1.41. The molecule has 112 valence electrons. The minimum atomic E-state index is -3.60. The molecule has 2 N–H and O–H groups in total. The number of likely N-dealkylation sites (tertiary alicyclic amines) is 1. The van der Waals surface area contributed by atoms with Crippen molar-refractivity contribution in [1.29, 1.82) is 0 Å². The maximum atomic E-state index is 12.5. The minimum absolute atomic E-state index is 0.158. The lowest BCUT2D eigenvalue weighted by Gasteiger charge is -2.31. The number of aryl methyl sites for hydroxylation is 2. The van der Waals surface area contributed by atoms with Gasteiger partial charge in [-0.2, -0.15) is 5.10 Å². The van der Waals surface area contributed by atoms with Crippen LogP contribution < -0.4 is 5.14 Å². The number of rotatable bonds is 3. The van der Waals surface area contributed by atoms with Crippen LogP contribution in [-0.4, -0.2) is 47.3 Å². The van der Waals surface area contributed by atoms with E-state index in [-0.39, 0.29) is 12.5 Å². The molecule has 0 radical (unpaired) electrons. The van der Waals surface area contributed by atoms with Crippen LogP contribution in [0.1, 0.15) is 35.9 Å². The number of carbonyl (C=O) groups is 1. The summed E-state index contributed by atoms with van der Waals surface area (Å²) in [5.41, 5.74) is 1.27. The van der Waals surface area contributed by atoms with Crippen molar-refractivity contribution in [3.8, 4) is 0 Å². The maximum Gasteiger partial charge on any atom is 0.272 e. The van der Waals surface area contributed by atoms with Gasteiger partial charge in [0.05, 0.1) is 10.9 Å². The summed E-state index contributed by atoms with van der Waals surface area (Å²) >= 11 is 0. The van der Waals surface area contributed by atoms with Crippen LogP contribution in [0.4, 0.5) is 0 Å². The molecule has 2 heterocycles. The molecule has 0 bridgehead atoms. The summed E-state index contributed by atoms with van der Waals surface area (Å²) < 4.78 is 24.5. The zero-order valence-electron chi connectivity index (χ0n) is 11.7. The lowest BCUT2D eigenvalue weighted by Crippen LogP contribution is -2.47. The summed E-state index contributed by atoms with van der Waals surface area (Å²) in [6.07, 6.45) is 1.15. The molecule has 0 aliphatic carbocycles. The van der Waals surface area contributed by atoms with Gasteiger partial charge in [-0.05, 0) is 32.8 Å². The van der Waals surface area contributed by atoms with Crippen LogP contribution in [-0.2, 0) is 16.6 Å². The van der Waals surface area contributed by atoms with Crippen LogP contribution in [0.3, 0.4) is 0 Å². The van der Waals surface area contributed by atoms with Crippen molar-refractivity contribution in [2.24, 2.45) is 5.14 Å². The standard InChI is InChI=1S/C12H20N4O3S/c1-3-16-11(7-9(2)14-16)12(17)15-6-4-5-10(8-15)20(13,18)19/h7,10H,3-6,8H2,1-2H3,(H2,13,18,19). The molecular formula is C12H20N4O3S. The third kappa shape index (κ3) is 3.01. The number of carbonyl (C=O) groups excluding carboxylic acids is 1. The number of hydrogen-bond donors (Lipinski definition) is 1. The number of aromatic nitrogens is 2. The molecule has 1 aliphatic heterocycles. The Labute approximate surface area is 118 Å². The maximum absolute atomic E-state index is 12.5. The number of primary sulfonamides is 1. The van der Waals surface area contributed by atoms with E-state index in [1.165, 1.54) is 0 Å². The average Bonchev–Trinajstić information content (AvgIpc) is 2.78. The van der Waals surface area contributed by atoms with Crippen molar-refractivity contribution in [3.63, 3.8) is 0 Å². The molecule has 1 fully saturated rings. The lowest BCUT2D eigenvalue weighted by atomic mass is 10.1. The molecule has 1 aromatic heterocycles. The lowest BCUT2D eigenvalue weighted by molar-refractivity contribution is 0.0714. The highest BCUT2D eigenvalue weighted by molar-refractivity contribution is 7.89. The smallest absolute Gasteiger partial charge is 0.272 e. The summed E-state index contributed by atoms with van der Waals surface area (Å²) in [5.74, 6) is -0.180. The van der Waals surface area contributed by atoms with Gasteiger partial charge in [0.1, 0.15) is 5.69 Å². The van der Waals surface area contributed by atoms with Gasteiger partial charge in [0, 0.05) is 19.6 Å². The summed E-state index contributed by atoms with van der Waals surface area (Å²) in [6.45, 7) is 5.05. The zero-order chi connectivity index (χ0) is 14.9. The molecule has 1 atom stereocenters. The van der Waals surface area contributed by atoms with Crippen molar-refractivity contribution in [2.75, 3.05) is 13.1 Å². The van der Waals surface area contributed by atoms with E-state index in [1.54, 1.807) is 15.6 Å². The molecule has 1 aromatic rings. The Morgan fingerprint density at radius 1 is 1.55 bits per heavy atom. The quantitative estimate of drug-likeness (QED) is 0.856. The normalized spacial score (nSPS) is 20.1. The van der Waals surface area contributed by atoms with Crippen LogP contribution >= 0.6 is 0 Å². The minimum Gasteiger partial charge on any atom is -0.336 e. The Morgan fingerprint density at radius 2 is 2.25 bits per heavy atom. The highest BCUT2D eigenvalue weighted by Crippen LogP contribution is 2.18. The molecule has 8 heteroatoms. The second-order valence-corrected chi connectivity index (χ2v) is 6.94. The van der Waals surface area contributed by atoms with Gasteiger partial charge < -0.3 is 4.90 Å². The van der Waals surface area contributed by atoms with Crippen molar-refractivity contribution in [3.05, 3.63) is 17.5 Å². The average molecular weight is 300 g/mol. The van der Waals surface area contributed by atoms with Crippen LogP contribution in [0.2, 0.25) is 0 Å². The van der Waals surface area contributed by atoms with Gasteiger partial charge in [-0.1, -0.05) is 0 Å². The number of amides is 1. The molecule has 1 aliphatic rings. The molecular weight excluding hydrogens is 280 g/mol. The van der Waals surface area contributed by atoms with Gasteiger partial charge in [-0.3, -0.25) is 9.48 Å². The molecule has 1 unspecified atom stereocenters. The first-order chi connectivity index (χ1) is 9.32. The second-order valence-electron chi connectivity index (χ2n) is 5.09. The van der Waals surface area contributed by atoms with Crippen molar-refractivity contribution in [1.82, 2.24) is 14.7 Å². The Morgan fingerprint density at radius 3 is 2.85 bits per heavy atom. The molecule has 1 saturated heterocycles. The highest BCUT2D eigenvalue weighted by atomic mass is 32.2. The third-order valence-corrected chi connectivity index (χ3v) is 4.86. The van der Waals surface area contributed by atoms with E-state index in [0.29, 0.717) is 31.6 Å². The number of hydrogen-bond acceptors (Lipinski definition) is 4. The summed E-state index contributed by atoms with van der Waals surface area (Å²) in [4.78, 5) is 14.1. The molecule has 2 rings (SSSR count). The SMILES string of the molecule is CCn1nc(C)cc1C(=O)N1CCCC(S(N)(=O)=O)C1. The Kier molecular flexibility index (Phi) is 4.14. The summed E-state index contributed by atoms with van der Waals surface area (Å²) in [5, 5.41) is 8.76. The predicted octanol–water partition coefficient (Wildman–Crippen LogP) is 0.105. The van der Waals surface area contributed by atoms with Crippen LogP contribution in [0.15, 0.2) is 6.07 Å². The monoisotopic (exact) mass is 300 g/mol. The van der Waals surface area contributed by atoms with Gasteiger partial charge in [0.2, 0.25) is 10.0 Å². The van der Waals surface area contributed by atoms with Gasteiger partial charge in [-0.15, -0.1) is 0 Å². The van der Waals surface area contributed by atoms with Crippen molar-refractivity contribution >= 4 is 15.9 Å². The van der Waals surface area contributed by atoms with E-state index in [1.807, 2.05) is 13.8 Å². The summed E-state index contributed by atoms with van der Waals surface area (Å²) in [7, 11) is -3.60. The number of nitrogens with two attached hydrogens (primary N) is 1. The molecule has 20 heavy (non-hydrogen) atoms.